The van der Waals surface area contributed by atoms with Gasteiger partial charge in [-0.15, -0.1) is 0 Å². The van der Waals surface area contributed by atoms with Crippen LogP contribution in [-0.4, -0.2) is 91.3 Å². The Bertz CT molecular complexity index is 655. The van der Waals surface area contributed by atoms with E-state index in [1.807, 2.05) is 29.2 Å². The number of morpholine rings is 1. The Balaban J connectivity index is 1.54. The van der Waals surface area contributed by atoms with E-state index in [0.717, 1.165) is 57.3 Å². The maximum Gasteiger partial charge on any atom is 0.253 e. The van der Waals surface area contributed by atoms with Crippen LogP contribution in [-0.2, 0) is 4.74 Å². The summed E-state index contributed by atoms with van der Waals surface area (Å²) in [4.78, 5) is 20.3. The largest absolute Gasteiger partial charge is 0.497 e. The summed E-state index contributed by atoms with van der Waals surface area (Å²) in [5.41, 5.74) is 0.810. The number of likely N-dealkylation sites (tertiary alicyclic amines) is 1. The molecule has 1 atom stereocenters. The molecule has 1 aromatic rings. The molecule has 1 spiro atoms. The highest BCUT2D eigenvalue weighted by molar-refractivity contribution is 5.94. The van der Waals surface area contributed by atoms with Crippen molar-refractivity contribution in [3.63, 3.8) is 0 Å². The quantitative estimate of drug-likeness (QED) is 0.814. The topological polar surface area (TPSA) is 45.2 Å². The third kappa shape index (κ3) is 3.00. The van der Waals surface area contributed by atoms with Crippen molar-refractivity contribution < 1.29 is 14.3 Å². The zero-order valence-corrected chi connectivity index (χ0v) is 16.0. The molecular formula is C20H29N3O3. The number of amides is 1. The first-order chi connectivity index (χ1) is 12.5. The molecule has 3 aliphatic rings. The molecule has 0 radical (unpaired) electrons. The molecule has 4 rings (SSSR count). The average Bonchev–Trinajstić information content (AvgIpc) is 2.64. The van der Waals surface area contributed by atoms with Gasteiger partial charge in [0.2, 0.25) is 0 Å². The first-order valence-corrected chi connectivity index (χ1v) is 9.54. The number of benzene rings is 1. The second-order valence-electron chi connectivity index (χ2n) is 8.06. The van der Waals surface area contributed by atoms with Crippen LogP contribution in [0.25, 0.3) is 0 Å². The average molecular weight is 359 g/mol. The van der Waals surface area contributed by atoms with E-state index in [4.69, 9.17) is 9.47 Å². The summed E-state index contributed by atoms with van der Waals surface area (Å²) < 4.78 is 10.9. The van der Waals surface area contributed by atoms with Crippen LogP contribution in [0.4, 0.5) is 0 Å². The van der Waals surface area contributed by atoms with E-state index in [2.05, 4.69) is 23.6 Å². The predicted octanol–water partition coefficient (Wildman–Crippen LogP) is 1.31. The number of carbonyl (C=O) groups is 1. The number of carbonyl (C=O) groups excluding carboxylic acids is 1. The Kier molecular flexibility index (Phi) is 4.67. The van der Waals surface area contributed by atoms with Crippen molar-refractivity contribution in [3.05, 3.63) is 29.8 Å². The van der Waals surface area contributed by atoms with Gasteiger partial charge in [0.05, 0.1) is 31.9 Å². The van der Waals surface area contributed by atoms with Crippen LogP contribution < -0.4 is 4.74 Å². The van der Waals surface area contributed by atoms with Crippen LogP contribution in [0.15, 0.2) is 24.3 Å². The maximum atomic E-state index is 13.1. The Morgan fingerprint density at radius 1 is 1.23 bits per heavy atom. The van der Waals surface area contributed by atoms with E-state index < -0.39 is 0 Å². The van der Waals surface area contributed by atoms with Gasteiger partial charge in [-0.05, 0) is 38.1 Å². The molecule has 1 amide bonds. The molecule has 26 heavy (non-hydrogen) atoms. The van der Waals surface area contributed by atoms with Crippen molar-refractivity contribution in [2.75, 3.05) is 53.0 Å². The lowest BCUT2D eigenvalue weighted by molar-refractivity contribution is -0.163. The molecule has 0 aliphatic carbocycles. The van der Waals surface area contributed by atoms with Crippen LogP contribution in [0, 0.1) is 0 Å². The summed E-state index contributed by atoms with van der Waals surface area (Å²) in [7, 11) is 1.64. The summed E-state index contributed by atoms with van der Waals surface area (Å²) >= 11 is 0. The fraction of sp³-hybridized carbons (Fsp3) is 0.650. The summed E-state index contributed by atoms with van der Waals surface area (Å²) in [6.07, 6.45) is 0. The molecule has 3 saturated heterocycles. The van der Waals surface area contributed by atoms with Crippen molar-refractivity contribution in [2.45, 2.75) is 31.5 Å². The highest BCUT2D eigenvalue weighted by Crippen LogP contribution is 2.37. The Labute approximate surface area is 155 Å². The summed E-state index contributed by atoms with van der Waals surface area (Å²) in [5, 5.41) is 0. The molecule has 6 heteroatoms. The number of nitrogens with zero attached hydrogens (tertiary/aromatic N) is 3. The maximum absolute atomic E-state index is 13.1. The SMILES string of the molecule is COc1ccc(C(=O)N2CC3COCCN3C3(C2)CN(C(C)C)C3)cc1. The fourth-order valence-corrected chi connectivity index (χ4v) is 4.62. The van der Waals surface area contributed by atoms with E-state index in [0.29, 0.717) is 12.1 Å². The van der Waals surface area contributed by atoms with Gasteiger partial charge in [-0.3, -0.25) is 14.6 Å². The van der Waals surface area contributed by atoms with Gasteiger partial charge in [-0.2, -0.15) is 0 Å². The molecule has 0 aromatic heterocycles. The van der Waals surface area contributed by atoms with Crippen LogP contribution in [0.5, 0.6) is 5.75 Å². The van der Waals surface area contributed by atoms with Crippen molar-refractivity contribution in [2.24, 2.45) is 0 Å². The van der Waals surface area contributed by atoms with Gasteiger partial charge < -0.3 is 14.4 Å². The highest BCUT2D eigenvalue weighted by Gasteiger charge is 2.55. The molecule has 1 unspecified atom stereocenters. The second-order valence-corrected chi connectivity index (χ2v) is 8.06. The van der Waals surface area contributed by atoms with Crippen LogP contribution in [0.1, 0.15) is 24.2 Å². The van der Waals surface area contributed by atoms with E-state index in [-0.39, 0.29) is 11.4 Å². The van der Waals surface area contributed by atoms with E-state index >= 15 is 0 Å². The first kappa shape index (κ1) is 17.8. The normalized spacial score (nSPS) is 25.8. The van der Waals surface area contributed by atoms with Gasteiger partial charge in [0.15, 0.2) is 0 Å². The molecule has 3 aliphatic heterocycles. The highest BCUT2D eigenvalue weighted by atomic mass is 16.5. The van der Waals surface area contributed by atoms with Crippen LogP contribution in [0.2, 0.25) is 0 Å². The predicted molar refractivity (Wildman–Crippen MR) is 99.7 cm³/mol. The van der Waals surface area contributed by atoms with Crippen molar-refractivity contribution in [3.8, 4) is 5.75 Å². The molecule has 0 saturated carbocycles. The molecule has 1 aromatic carbocycles. The van der Waals surface area contributed by atoms with Gasteiger partial charge >= 0.3 is 0 Å². The van der Waals surface area contributed by atoms with Gasteiger partial charge in [0, 0.05) is 44.3 Å². The number of ether oxygens (including phenoxy) is 2. The lowest BCUT2D eigenvalue weighted by Gasteiger charge is -2.64. The third-order valence-corrected chi connectivity index (χ3v) is 6.10. The number of hydrogen-bond donors (Lipinski definition) is 0. The summed E-state index contributed by atoms with van der Waals surface area (Å²) in [5.74, 6) is 0.885. The molecule has 142 valence electrons. The molecule has 0 N–H and O–H groups in total. The van der Waals surface area contributed by atoms with Gasteiger partial charge in [0.25, 0.3) is 5.91 Å². The minimum absolute atomic E-state index is 0.0824. The smallest absolute Gasteiger partial charge is 0.253 e. The van der Waals surface area contributed by atoms with E-state index in [1.54, 1.807) is 7.11 Å². The zero-order valence-electron chi connectivity index (χ0n) is 16.0. The second kappa shape index (κ2) is 6.83. The fourth-order valence-electron chi connectivity index (χ4n) is 4.62. The Morgan fingerprint density at radius 2 is 1.96 bits per heavy atom. The number of methoxy groups -OCH3 is 1. The summed E-state index contributed by atoms with van der Waals surface area (Å²) in [6.45, 7) is 10.6. The number of hydrogen-bond acceptors (Lipinski definition) is 5. The van der Waals surface area contributed by atoms with Gasteiger partial charge in [-0.25, -0.2) is 0 Å². The Hall–Kier alpha value is -1.63. The lowest BCUT2D eigenvalue weighted by atomic mass is 9.81. The van der Waals surface area contributed by atoms with E-state index in [1.165, 1.54) is 0 Å². The molecule has 3 heterocycles. The summed E-state index contributed by atoms with van der Waals surface area (Å²) in [6, 6.07) is 8.28. The first-order valence-electron chi connectivity index (χ1n) is 9.54. The van der Waals surface area contributed by atoms with Gasteiger partial charge in [0.1, 0.15) is 5.75 Å². The molecule has 3 fully saturated rings. The van der Waals surface area contributed by atoms with Crippen molar-refractivity contribution >= 4 is 5.91 Å². The molecular weight excluding hydrogens is 330 g/mol. The van der Waals surface area contributed by atoms with Crippen LogP contribution in [0.3, 0.4) is 0 Å². The van der Waals surface area contributed by atoms with E-state index in [9.17, 15) is 4.79 Å². The van der Waals surface area contributed by atoms with Gasteiger partial charge in [-0.1, -0.05) is 0 Å². The monoisotopic (exact) mass is 359 g/mol. The molecule has 0 bridgehead atoms. The Morgan fingerprint density at radius 3 is 2.62 bits per heavy atom. The number of rotatable bonds is 3. The minimum Gasteiger partial charge on any atom is -0.497 e. The minimum atomic E-state index is 0.0824. The number of fused-ring (bicyclic) bond motifs is 2. The van der Waals surface area contributed by atoms with Crippen LogP contribution >= 0.6 is 0 Å². The standard InChI is InChI=1S/C20H29N3O3/c1-15(2)22-13-20(14-22)12-21(10-17-11-26-9-8-23(17)20)19(24)16-4-6-18(25-3)7-5-16/h4-7,15,17H,8-14H2,1-3H3. The lowest BCUT2D eigenvalue weighted by Crippen LogP contribution is -2.81. The van der Waals surface area contributed by atoms with Crippen molar-refractivity contribution in [1.29, 1.82) is 0 Å². The molecule has 6 nitrogen and oxygen atoms in total. The third-order valence-electron chi connectivity index (χ3n) is 6.10. The number of piperazine rings is 1. The zero-order chi connectivity index (χ0) is 18.3. The van der Waals surface area contributed by atoms with Crippen molar-refractivity contribution in [1.82, 2.24) is 14.7 Å².